The van der Waals surface area contributed by atoms with Crippen LogP contribution >= 0.6 is 0 Å². The first-order valence-electron chi connectivity index (χ1n) is 7.34. The molecule has 1 aromatic heterocycles. The van der Waals surface area contributed by atoms with E-state index >= 15 is 0 Å². The van der Waals surface area contributed by atoms with Gasteiger partial charge in [-0.1, -0.05) is 17.3 Å². The van der Waals surface area contributed by atoms with Crippen molar-refractivity contribution in [2.24, 2.45) is 0 Å². The van der Waals surface area contributed by atoms with Crippen molar-refractivity contribution in [2.45, 2.75) is 6.61 Å². The molecule has 0 aliphatic carbocycles. The number of nitriles is 1. The van der Waals surface area contributed by atoms with Gasteiger partial charge in [0.15, 0.2) is 6.61 Å². The van der Waals surface area contributed by atoms with Crippen molar-refractivity contribution in [1.82, 2.24) is 10.1 Å². The van der Waals surface area contributed by atoms with E-state index in [-0.39, 0.29) is 12.5 Å². The molecule has 0 amide bonds. The van der Waals surface area contributed by atoms with Crippen molar-refractivity contribution >= 4 is 5.97 Å². The van der Waals surface area contributed by atoms with Crippen LogP contribution in [0.2, 0.25) is 0 Å². The van der Waals surface area contributed by atoms with Gasteiger partial charge in [0.25, 0.3) is 5.89 Å². The molecule has 0 N–H and O–H groups in total. The average molecular weight is 335 g/mol. The molecule has 0 aliphatic heterocycles. The first-order valence-corrected chi connectivity index (χ1v) is 7.34. The fourth-order valence-corrected chi connectivity index (χ4v) is 2.08. The van der Waals surface area contributed by atoms with Gasteiger partial charge in [0, 0.05) is 5.56 Å². The molecule has 0 bridgehead atoms. The number of ether oxygens (including phenoxy) is 2. The number of esters is 1. The van der Waals surface area contributed by atoms with Gasteiger partial charge in [-0.25, -0.2) is 4.79 Å². The molecule has 7 heteroatoms. The lowest BCUT2D eigenvalue weighted by molar-refractivity contribution is 0.0430. The largest absolute Gasteiger partial charge is 0.497 e. The van der Waals surface area contributed by atoms with Crippen LogP contribution in [0.25, 0.3) is 11.4 Å². The molecule has 25 heavy (non-hydrogen) atoms. The number of rotatable bonds is 5. The van der Waals surface area contributed by atoms with Crippen LogP contribution in [-0.2, 0) is 11.3 Å². The number of carbonyl (C=O) groups is 1. The summed E-state index contributed by atoms with van der Waals surface area (Å²) in [6, 6.07) is 15.3. The number of hydrogen-bond donors (Lipinski definition) is 0. The Morgan fingerprint density at radius 1 is 1.24 bits per heavy atom. The Balaban J connectivity index is 1.65. The topological polar surface area (TPSA) is 98.2 Å². The minimum atomic E-state index is -0.536. The fourth-order valence-electron chi connectivity index (χ4n) is 2.08. The van der Waals surface area contributed by atoms with Crippen LogP contribution in [0.15, 0.2) is 53.1 Å². The maximum absolute atomic E-state index is 12.0. The van der Waals surface area contributed by atoms with Crippen molar-refractivity contribution in [1.29, 1.82) is 5.26 Å². The average Bonchev–Trinajstić information content (AvgIpc) is 3.15. The molecule has 124 valence electrons. The summed E-state index contributed by atoms with van der Waals surface area (Å²) in [7, 11) is 1.57. The molecule has 1 heterocycles. The van der Waals surface area contributed by atoms with Gasteiger partial charge in [0.1, 0.15) is 5.75 Å². The molecule has 0 unspecified atom stereocenters. The number of aromatic nitrogens is 2. The van der Waals surface area contributed by atoms with E-state index in [4.69, 9.17) is 19.3 Å². The molecule has 0 aliphatic rings. The second-order valence-corrected chi connectivity index (χ2v) is 5.01. The van der Waals surface area contributed by atoms with E-state index in [1.165, 1.54) is 12.1 Å². The third-order valence-corrected chi connectivity index (χ3v) is 3.37. The van der Waals surface area contributed by atoms with E-state index in [1.807, 2.05) is 24.3 Å². The lowest BCUT2D eigenvalue weighted by Gasteiger charge is -2.01. The third kappa shape index (κ3) is 3.82. The van der Waals surface area contributed by atoms with E-state index < -0.39 is 5.97 Å². The van der Waals surface area contributed by atoms with E-state index in [0.29, 0.717) is 22.7 Å². The van der Waals surface area contributed by atoms with Crippen LogP contribution in [0.4, 0.5) is 0 Å². The summed E-state index contributed by atoms with van der Waals surface area (Å²) in [5, 5.41) is 12.6. The highest BCUT2D eigenvalue weighted by molar-refractivity contribution is 5.89. The summed E-state index contributed by atoms with van der Waals surface area (Å²) in [5.41, 5.74) is 1.54. The summed E-state index contributed by atoms with van der Waals surface area (Å²) in [4.78, 5) is 16.2. The minimum Gasteiger partial charge on any atom is -0.497 e. The van der Waals surface area contributed by atoms with Crippen LogP contribution < -0.4 is 4.74 Å². The van der Waals surface area contributed by atoms with Gasteiger partial charge in [0.05, 0.1) is 24.3 Å². The van der Waals surface area contributed by atoms with Crippen molar-refractivity contribution in [2.75, 3.05) is 7.11 Å². The van der Waals surface area contributed by atoms with Gasteiger partial charge >= 0.3 is 5.97 Å². The molecule has 7 nitrogen and oxygen atoms in total. The van der Waals surface area contributed by atoms with Gasteiger partial charge in [0.2, 0.25) is 5.82 Å². The smallest absolute Gasteiger partial charge is 0.338 e. The highest BCUT2D eigenvalue weighted by Crippen LogP contribution is 2.21. The fraction of sp³-hybridized carbons (Fsp3) is 0.111. The van der Waals surface area contributed by atoms with Crippen molar-refractivity contribution in [3.63, 3.8) is 0 Å². The number of nitrogens with zero attached hydrogens (tertiary/aromatic N) is 3. The molecule has 0 saturated carbocycles. The van der Waals surface area contributed by atoms with Crippen LogP contribution in [0.1, 0.15) is 21.8 Å². The molecule has 3 rings (SSSR count). The summed E-state index contributed by atoms with van der Waals surface area (Å²) in [6.07, 6.45) is 0. The van der Waals surface area contributed by atoms with Crippen LogP contribution in [0.3, 0.4) is 0 Å². The molecule has 2 aromatic carbocycles. The monoisotopic (exact) mass is 335 g/mol. The molecule has 0 atom stereocenters. The summed E-state index contributed by atoms with van der Waals surface area (Å²) in [5.74, 6) is 0.699. The van der Waals surface area contributed by atoms with Gasteiger partial charge < -0.3 is 14.0 Å². The first kappa shape index (κ1) is 16.2. The highest BCUT2D eigenvalue weighted by atomic mass is 16.6. The minimum absolute atomic E-state index is 0.143. The van der Waals surface area contributed by atoms with E-state index in [2.05, 4.69) is 10.1 Å². The summed E-state index contributed by atoms with van der Waals surface area (Å²) in [6.45, 7) is -0.143. The molecule has 3 aromatic rings. The molecule has 0 spiro atoms. The van der Waals surface area contributed by atoms with Gasteiger partial charge in [-0.2, -0.15) is 10.2 Å². The Morgan fingerprint density at radius 2 is 2.04 bits per heavy atom. The molecular formula is C18H13N3O4. The predicted octanol–water partition coefficient (Wildman–Crippen LogP) is 2.97. The van der Waals surface area contributed by atoms with Gasteiger partial charge in [-0.15, -0.1) is 0 Å². The van der Waals surface area contributed by atoms with Crippen molar-refractivity contribution in [3.05, 3.63) is 65.5 Å². The second-order valence-electron chi connectivity index (χ2n) is 5.01. The van der Waals surface area contributed by atoms with Crippen LogP contribution in [0.5, 0.6) is 5.75 Å². The predicted molar refractivity (Wildman–Crippen MR) is 86.6 cm³/mol. The Labute approximate surface area is 143 Å². The second kappa shape index (κ2) is 7.27. The molecule has 0 saturated heterocycles. The standard InChI is InChI=1S/C18H13N3O4/c1-23-15-4-2-3-14(9-15)17-20-16(25-21-17)11-24-18(22)13-7-5-12(10-19)6-8-13/h2-9H,11H2,1H3. The quantitative estimate of drug-likeness (QED) is 0.661. The maximum atomic E-state index is 12.0. The SMILES string of the molecule is COc1cccc(-c2noc(COC(=O)c3ccc(C#N)cc3)n2)c1. The molecule has 0 fully saturated rings. The lowest BCUT2D eigenvalue weighted by atomic mass is 10.1. The number of hydrogen-bond acceptors (Lipinski definition) is 7. The number of carbonyl (C=O) groups excluding carboxylic acids is 1. The van der Waals surface area contributed by atoms with Crippen molar-refractivity contribution in [3.8, 4) is 23.2 Å². The zero-order chi connectivity index (χ0) is 17.6. The Kier molecular flexibility index (Phi) is 4.72. The number of benzene rings is 2. The van der Waals surface area contributed by atoms with Gasteiger partial charge in [-0.3, -0.25) is 0 Å². The molecule has 0 radical (unpaired) electrons. The first-order chi connectivity index (χ1) is 12.2. The summed E-state index contributed by atoms with van der Waals surface area (Å²) >= 11 is 0. The van der Waals surface area contributed by atoms with Crippen molar-refractivity contribution < 1.29 is 18.8 Å². The Hall–Kier alpha value is -3.66. The highest BCUT2D eigenvalue weighted by Gasteiger charge is 2.13. The molecular weight excluding hydrogens is 322 g/mol. The van der Waals surface area contributed by atoms with E-state index in [0.717, 1.165) is 5.56 Å². The van der Waals surface area contributed by atoms with E-state index in [1.54, 1.807) is 25.3 Å². The Morgan fingerprint density at radius 3 is 2.76 bits per heavy atom. The zero-order valence-corrected chi connectivity index (χ0v) is 13.3. The maximum Gasteiger partial charge on any atom is 0.338 e. The number of methoxy groups -OCH3 is 1. The van der Waals surface area contributed by atoms with E-state index in [9.17, 15) is 4.79 Å². The third-order valence-electron chi connectivity index (χ3n) is 3.37. The van der Waals surface area contributed by atoms with Gasteiger partial charge in [-0.05, 0) is 36.4 Å². The van der Waals surface area contributed by atoms with Crippen LogP contribution in [-0.4, -0.2) is 23.2 Å². The Bertz CT molecular complexity index is 926. The zero-order valence-electron chi connectivity index (χ0n) is 13.3. The summed E-state index contributed by atoms with van der Waals surface area (Å²) < 4.78 is 15.4. The normalized spacial score (nSPS) is 10.1. The van der Waals surface area contributed by atoms with Crippen LogP contribution in [0, 0.1) is 11.3 Å². The lowest BCUT2D eigenvalue weighted by Crippen LogP contribution is -2.05.